The predicted octanol–water partition coefficient (Wildman–Crippen LogP) is 2.98. The van der Waals surface area contributed by atoms with Gasteiger partial charge in [0.1, 0.15) is 4.90 Å². The molecule has 2 aromatic carbocycles. The molecule has 0 aliphatic heterocycles. The summed E-state index contributed by atoms with van der Waals surface area (Å²) in [6, 6.07) is 9.75. The Bertz CT molecular complexity index is 1340. The SMILES string of the molecule is CCOC(=O)c1nn(-c2ccccc2Cl)c(=O)cc1OS(=O)(=O)c1ccc(OC)c(F)c1. The molecule has 9 nitrogen and oxygen atoms in total. The molecule has 0 saturated heterocycles. The van der Waals surface area contributed by atoms with Crippen molar-refractivity contribution in [1.82, 2.24) is 9.78 Å². The summed E-state index contributed by atoms with van der Waals surface area (Å²) in [7, 11) is -3.44. The van der Waals surface area contributed by atoms with E-state index in [1.54, 1.807) is 12.1 Å². The Kier molecular flexibility index (Phi) is 6.80. The maximum atomic E-state index is 14.0. The second kappa shape index (κ2) is 9.37. The summed E-state index contributed by atoms with van der Waals surface area (Å²) in [5, 5.41) is 4.07. The number of nitrogens with zero attached hydrogens (tertiary/aromatic N) is 2. The van der Waals surface area contributed by atoms with Gasteiger partial charge in [-0.1, -0.05) is 23.7 Å². The largest absolute Gasteiger partial charge is 0.494 e. The lowest BCUT2D eigenvalue weighted by Gasteiger charge is -2.13. The number of hydrogen-bond acceptors (Lipinski definition) is 8. The van der Waals surface area contributed by atoms with Crippen LogP contribution in [0.2, 0.25) is 5.02 Å². The number of rotatable bonds is 7. The molecule has 0 bridgehead atoms. The highest BCUT2D eigenvalue weighted by atomic mass is 35.5. The van der Waals surface area contributed by atoms with Crippen molar-refractivity contribution in [2.45, 2.75) is 11.8 Å². The number of halogens is 2. The number of para-hydroxylation sites is 1. The van der Waals surface area contributed by atoms with Gasteiger partial charge in [-0.05, 0) is 37.3 Å². The van der Waals surface area contributed by atoms with Crippen molar-refractivity contribution in [3.05, 3.63) is 75.4 Å². The molecule has 0 aliphatic carbocycles. The van der Waals surface area contributed by atoms with Crippen LogP contribution in [0, 0.1) is 5.82 Å². The zero-order valence-corrected chi connectivity index (χ0v) is 18.3. The van der Waals surface area contributed by atoms with Crippen LogP contribution in [-0.2, 0) is 14.9 Å². The van der Waals surface area contributed by atoms with Gasteiger partial charge in [-0.3, -0.25) is 4.79 Å². The van der Waals surface area contributed by atoms with Crippen LogP contribution >= 0.6 is 11.6 Å². The van der Waals surface area contributed by atoms with Gasteiger partial charge >= 0.3 is 16.1 Å². The summed E-state index contributed by atoms with van der Waals surface area (Å²) in [5.41, 5.74) is -1.28. The van der Waals surface area contributed by atoms with Gasteiger partial charge in [0.2, 0.25) is 5.69 Å². The Balaban J connectivity index is 2.12. The van der Waals surface area contributed by atoms with Crippen LogP contribution in [0.3, 0.4) is 0 Å². The summed E-state index contributed by atoms with van der Waals surface area (Å²) < 4.78 is 54.7. The number of carbonyl (C=O) groups excluding carboxylic acids is 1. The third-order valence-corrected chi connectivity index (χ3v) is 5.61. The maximum Gasteiger partial charge on any atom is 0.362 e. The average molecular weight is 483 g/mol. The van der Waals surface area contributed by atoms with Crippen molar-refractivity contribution in [3.8, 4) is 17.2 Å². The van der Waals surface area contributed by atoms with E-state index >= 15 is 0 Å². The first kappa shape index (κ1) is 23.2. The zero-order chi connectivity index (χ0) is 23.5. The number of methoxy groups -OCH3 is 1. The number of ether oxygens (including phenoxy) is 2. The summed E-state index contributed by atoms with van der Waals surface area (Å²) in [5.74, 6) is -2.86. The topological polar surface area (TPSA) is 114 Å². The van der Waals surface area contributed by atoms with Crippen LogP contribution in [0.5, 0.6) is 11.5 Å². The predicted molar refractivity (Wildman–Crippen MR) is 112 cm³/mol. The Labute approximate surface area is 187 Å². The van der Waals surface area contributed by atoms with Crippen LogP contribution in [-0.4, -0.2) is 37.9 Å². The number of hydrogen-bond donors (Lipinski definition) is 0. The van der Waals surface area contributed by atoms with E-state index < -0.39 is 43.8 Å². The van der Waals surface area contributed by atoms with Gasteiger partial charge in [-0.15, -0.1) is 0 Å². The molecule has 0 N–H and O–H groups in total. The molecule has 32 heavy (non-hydrogen) atoms. The number of carbonyl (C=O) groups is 1. The number of aromatic nitrogens is 2. The molecule has 1 heterocycles. The van der Waals surface area contributed by atoms with E-state index in [-0.39, 0.29) is 23.1 Å². The lowest BCUT2D eigenvalue weighted by molar-refractivity contribution is 0.0515. The fourth-order valence-electron chi connectivity index (χ4n) is 2.61. The van der Waals surface area contributed by atoms with Gasteiger partial charge in [-0.2, -0.15) is 18.2 Å². The summed E-state index contributed by atoms with van der Waals surface area (Å²) in [4.78, 5) is 24.5. The fourth-order valence-corrected chi connectivity index (χ4v) is 3.77. The monoisotopic (exact) mass is 482 g/mol. The first-order chi connectivity index (χ1) is 15.2. The molecule has 0 unspecified atom stereocenters. The van der Waals surface area contributed by atoms with Gasteiger partial charge < -0.3 is 13.7 Å². The van der Waals surface area contributed by atoms with E-state index in [9.17, 15) is 22.4 Å². The van der Waals surface area contributed by atoms with Gasteiger partial charge in [0, 0.05) is 0 Å². The molecule has 0 aliphatic rings. The smallest absolute Gasteiger partial charge is 0.362 e. The van der Waals surface area contributed by atoms with Gasteiger partial charge in [0.05, 0.1) is 30.5 Å². The van der Waals surface area contributed by atoms with Gasteiger partial charge in [-0.25, -0.2) is 9.18 Å². The fraction of sp³-hybridized carbons (Fsp3) is 0.150. The van der Waals surface area contributed by atoms with E-state index in [1.165, 1.54) is 26.2 Å². The molecule has 12 heteroatoms. The highest BCUT2D eigenvalue weighted by Gasteiger charge is 2.26. The van der Waals surface area contributed by atoms with Crippen molar-refractivity contribution in [2.75, 3.05) is 13.7 Å². The second-order valence-corrected chi connectivity index (χ2v) is 8.07. The minimum Gasteiger partial charge on any atom is -0.494 e. The van der Waals surface area contributed by atoms with E-state index in [1.807, 2.05) is 0 Å². The van der Waals surface area contributed by atoms with E-state index in [4.69, 9.17) is 25.3 Å². The Morgan fingerprint density at radius 3 is 2.50 bits per heavy atom. The minimum absolute atomic E-state index is 0.0540. The van der Waals surface area contributed by atoms with E-state index in [0.717, 1.165) is 22.9 Å². The molecule has 168 valence electrons. The van der Waals surface area contributed by atoms with Crippen LogP contribution in [0.25, 0.3) is 5.69 Å². The molecule has 1 aromatic heterocycles. The van der Waals surface area contributed by atoms with Crippen molar-refractivity contribution < 1.29 is 31.3 Å². The lowest BCUT2D eigenvalue weighted by Crippen LogP contribution is -2.26. The lowest BCUT2D eigenvalue weighted by atomic mass is 10.3. The van der Waals surface area contributed by atoms with Crippen LogP contribution < -0.4 is 14.5 Å². The minimum atomic E-state index is -4.65. The van der Waals surface area contributed by atoms with E-state index in [0.29, 0.717) is 6.07 Å². The van der Waals surface area contributed by atoms with Crippen LogP contribution in [0.1, 0.15) is 17.4 Å². The van der Waals surface area contributed by atoms with Crippen LogP contribution in [0.15, 0.2) is 58.2 Å². The number of benzene rings is 2. The number of esters is 1. The molecule has 0 amide bonds. The third-order valence-electron chi connectivity index (χ3n) is 4.06. The summed E-state index contributed by atoms with van der Waals surface area (Å²) in [6.45, 7) is 1.47. The summed E-state index contributed by atoms with van der Waals surface area (Å²) >= 11 is 6.10. The molecule has 3 aromatic rings. The van der Waals surface area contributed by atoms with Gasteiger partial charge in [0.25, 0.3) is 5.56 Å². The second-order valence-electron chi connectivity index (χ2n) is 6.11. The molecule has 0 radical (unpaired) electrons. The standard InChI is InChI=1S/C20H16ClFN2O7S/c1-3-30-20(26)19-17(11-18(25)24(23-19)15-7-5-4-6-13(15)21)31-32(27,28)12-8-9-16(29-2)14(22)10-12/h4-11H,3H2,1-2H3. The van der Waals surface area contributed by atoms with Crippen molar-refractivity contribution in [2.24, 2.45) is 0 Å². The zero-order valence-electron chi connectivity index (χ0n) is 16.7. The first-order valence-corrected chi connectivity index (χ1v) is 10.8. The molecule has 0 saturated carbocycles. The summed E-state index contributed by atoms with van der Waals surface area (Å²) in [6.07, 6.45) is 0. The first-order valence-electron chi connectivity index (χ1n) is 9.02. The normalized spacial score (nSPS) is 11.1. The van der Waals surface area contributed by atoms with Crippen molar-refractivity contribution in [1.29, 1.82) is 0 Å². The van der Waals surface area contributed by atoms with E-state index in [2.05, 4.69) is 5.10 Å². The molecular weight excluding hydrogens is 467 g/mol. The van der Waals surface area contributed by atoms with Crippen molar-refractivity contribution >= 4 is 27.7 Å². The Morgan fingerprint density at radius 2 is 1.88 bits per heavy atom. The highest BCUT2D eigenvalue weighted by molar-refractivity contribution is 7.87. The molecule has 0 spiro atoms. The Morgan fingerprint density at radius 1 is 1.16 bits per heavy atom. The van der Waals surface area contributed by atoms with Gasteiger partial charge in [0.15, 0.2) is 17.3 Å². The third kappa shape index (κ3) is 4.73. The van der Waals surface area contributed by atoms with Crippen molar-refractivity contribution in [3.63, 3.8) is 0 Å². The quantitative estimate of drug-likeness (QED) is 0.373. The maximum absolute atomic E-state index is 14.0. The molecule has 0 atom stereocenters. The molecule has 0 fully saturated rings. The Hall–Kier alpha value is -3.44. The molecular formula is C20H16ClFN2O7S. The highest BCUT2D eigenvalue weighted by Crippen LogP contribution is 2.26. The molecule has 3 rings (SSSR count). The average Bonchev–Trinajstić information content (AvgIpc) is 2.74. The van der Waals surface area contributed by atoms with Crippen LogP contribution in [0.4, 0.5) is 4.39 Å².